The molecule has 1 fully saturated rings. The summed E-state index contributed by atoms with van der Waals surface area (Å²) in [5.41, 5.74) is 1.33. The summed E-state index contributed by atoms with van der Waals surface area (Å²) in [5.74, 6) is 0.733. The van der Waals surface area contributed by atoms with Crippen molar-refractivity contribution in [3.8, 4) is 0 Å². The molecule has 3 rings (SSSR count). The highest BCUT2D eigenvalue weighted by molar-refractivity contribution is 5.95. The van der Waals surface area contributed by atoms with E-state index in [1.54, 1.807) is 42.2 Å². The van der Waals surface area contributed by atoms with Gasteiger partial charge in [-0.05, 0) is 69.0 Å². The molecule has 2 aromatic rings. The standard InChI is InChI=1S/C21H29N5O2/c1-15(17-6-4-9-22-14-17)12-20(27)24-18-7-3-8-19(13-18)25-21(28)16(2)26-11-5-10-23-26/h3,5,7-8,10-11,13,15-17,22H,4,6,9,12,14H2,1-2H3,(H,24,27)(H,25,28). The van der Waals surface area contributed by atoms with Crippen molar-refractivity contribution in [1.29, 1.82) is 0 Å². The number of anilines is 2. The van der Waals surface area contributed by atoms with Gasteiger partial charge in [0.15, 0.2) is 0 Å². The number of hydrogen-bond donors (Lipinski definition) is 3. The molecule has 2 heterocycles. The minimum absolute atomic E-state index is 0.00598. The maximum atomic E-state index is 12.4. The van der Waals surface area contributed by atoms with E-state index in [0.29, 0.717) is 29.6 Å². The summed E-state index contributed by atoms with van der Waals surface area (Å²) in [6.07, 6.45) is 6.25. The predicted octanol–water partition coefficient (Wildman–Crippen LogP) is 3.05. The third-order valence-electron chi connectivity index (χ3n) is 5.36. The largest absolute Gasteiger partial charge is 0.326 e. The van der Waals surface area contributed by atoms with Crippen molar-refractivity contribution in [1.82, 2.24) is 15.1 Å². The first-order chi connectivity index (χ1) is 13.5. The molecule has 3 unspecified atom stereocenters. The number of hydrogen-bond acceptors (Lipinski definition) is 4. The van der Waals surface area contributed by atoms with Gasteiger partial charge in [0.25, 0.3) is 0 Å². The monoisotopic (exact) mass is 383 g/mol. The zero-order chi connectivity index (χ0) is 19.9. The fourth-order valence-corrected chi connectivity index (χ4v) is 3.59. The van der Waals surface area contributed by atoms with Crippen LogP contribution in [0.5, 0.6) is 0 Å². The highest BCUT2D eigenvalue weighted by atomic mass is 16.2. The van der Waals surface area contributed by atoms with Crippen LogP contribution < -0.4 is 16.0 Å². The van der Waals surface area contributed by atoms with Gasteiger partial charge in [-0.3, -0.25) is 14.3 Å². The summed E-state index contributed by atoms with van der Waals surface area (Å²) < 4.78 is 1.60. The van der Waals surface area contributed by atoms with E-state index in [4.69, 9.17) is 0 Å². The lowest BCUT2D eigenvalue weighted by Crippen LogP contribution is -2.34. The predicted molar refractivity (Wildman–Crippen MR) is 110 cm³/mol. The number of amides is 2. The van der Waals surface area contributed by atoms with Crippen molar-refractivity contribution in [3.63, 3.8) is 0 Å². The molecule has 7 heteroatoms. The summed E-state index contributed by atoms with van der Waals surface area (Å²) in [7, 11) is 0. The Balaban J connectivity index is 1.53. The molecule has 1 aliphatic heterocycles. The number of nitrogens with zero attached hydrogens (tertiary/aromatic N) is 2. The van der Waals surface area contributed by atoms with E-state index in [1.165, 1.54) is 12.8 Å². The molecule has 1 saturated heterocycles. The van der Waals surface area contributed by atoms with Crippen LogP contribution in [0.3, 0.4) is 0 Å². The lowest BCUT2D eigenvalue weighted by Gasteiger charge is -2.28. The molecule has 7 nitrogen and oxygen atoms in total. The Bertz CT molecular complexity index is 784. The molecule has 1 aliphatic rings. The first kappa shape index (κ1) is 20.1. The van der Waals surface area contributed by atoms with E-state index in [2.05, 4.69) is 28.0 Å². The van der Waals surface area contributed by atoms with Gasteiger partial charge < -0.3 is 16.0 Å². The number of nitrogens with one attached hydrogen (secondary N) is 3. The SMILES string of the molecule is CC(CC(=O)Nc1cccc(NC(=O)C(C)n2cccn2)c1)C1CCCNC1. The Morgan fingerprint density at radius 2 is 2.04 bits per heavy atom. The average Bonchev–Trinajstić information content (AvgIpc) is 3.23. The summed E-state index contributed by atoms with van der Waals surface area (Å²) in [4.78, 5) is 24.8. The van der Waals surface area contributed by atoms with Gasteiger partial charge in [-0.2, -0.15) is 5.10 Å². The number of rotatable bonds is 7. The van der Waals surface area contributed by atoms with Crippen LogP contribution in [0, 0.1) is 11.8 Å². The van der Waals surface area contributed by atoms with Crippen molar-refractivity contribution < 1.29 is 9.59 Å². The second-order valence-electron chi connectivity index (χ2n) is 7.57. The topological polar surface area (TPSA) is 88.1 Å². The van der Waals surface area contributed by atoms with Gasteiger partial charge in [0.1, 0.15) is 6.04 Å². The highest BCUT2D eigenvalue weighted by Gasteiger charge is 2.22. The summed E-state index contributed by atoms with van der Waals surface area (Å²) in [6, 6.07) is 8.59. The second kappa shape index (κ2) is 9.50. The van der Waals surface area contributed by atoms with Crippen molar-refractivity contribution in [2.24, 2.45) is 11.8 Å². The highest BCUT2D eigenvalue weighted by Crippen LogP contribution is 2.23. The van der Waals surface area contributed by atoms with Gasteiger partial charge in [0.05, 0.1) is 0 Å². The van der Waals surface area contributed by atoms with Gasteiger partial charge in [-0.15, -0.1) is 0 Å². The van der Waals surface area contributed by atoms with E-state index in [0.717, 1.165) is 13.1 Å². The van der Waals surface area contributed by atoms with Crippen LogP contribution in [-0.2, 0) is 9.59 Å². The Morgan fingerprint density at radius 1 is 1.25 bits per heavy atom. The second-order valence-corrected chi connectivity index (χ2v) is 7.57. The quantitative estimate of drug-likeness (QED) is 0.686. The maximum absolute atomic E-state index is 12.4. The molecule has 0 radical (unpaired) electrons. The summed E-state index contributed by atoms with van der Waals surface area (Å²) >= 11 is 0. The van der Waals surface area contributed by atoms with Gasteiger partial charge in [-0.1, -0.05) is 13.0 Å². The van der Waals surface area contributed by atoms with E-state index in [-0.39, 0.29) is 11.8 Å². The van der Waals surface area contributed by atoms with Gasteiger partial charge >= 0.3 is 0 Å². The molecule has 1 aromatic heterocycles. The molecule has 3 N–H and O–H groups in total. The van der Waals surface area contributed by atoms with E-state index < -0.39 is 6.04 Å². The first-order valence-corrected chi connectivity index (χ1v) is 9.93. The van der Waals surface area contributed by atoms with E-state index in [1.807, 2.05) is 12.1 Å². The third-order valence-corrected chi connectivity index (χ3v) is 5.36. The Labute approximate surface area is 165 Å². The van der Waals surface area contributed by atoms with E-state index >= 15 is 0 Å². The van der Waals surface area contributed by atoms with Crippen molar-refractivity contribution in [2.45, 2.75) is 39.2 Å². The molecule has 28 heavy (non-hydrogen) atoms. The van der Waals surface area contributed by atoms with Crippen LogP contribution in [-0.4, -0.2) is 34.7 Å². The minimum Gasteiger partial charge on any atom is -0.326 e. The van der Waals surface area contributed by atoms with Gasteiger partial charge in [-0.25, -0.2) is 0 Å². The molecule has 1 aromatic carbocycles. The normalized spacial score (nSPS) is 18.9. The van der Waals surface area contributed by atoms with E-state index in [9.17, 15) is 9.59 Å². The fraction of sp³-hybridized carbons (Fsp3) is 0.476. The fourth-order valence-electron chi connectivity index (χ4n) is 3.59. The third kappa shape index (κ3) is 5.42. The van der Waals surface area contributed by atoms with Crippen LogP contribution in [0.2, 0.25) is 0 Å². The van der Waals surface area contributed by atoms with Crippen molar-refractivity contribution >= 4 is 23.2 Å². The van der Waals surface area contributed by atoms with Crippen LogP contribution in [0.25, 0.3) is 0 Å². The maximum Gasteiger partial charge on any atom is 0.248 e. The van der Waals surface area contributed by atoms with Crippen LogP contribution in [0.15, 0.2) is 42.7 Å². The molecule has 150 valence electrons. The Hall–Kier alpha value is -2.67. The van der Waals surface area contributed by atoms with Crippen LogP contribution in [0.1, 0.15) is 39.2 Å². The molecule has 0 bridgehead atoms. The molecule has 3 atom stereocenters. The Morgan fingerprint density at radius 3 is 2.71 bits per heavy atom. The number of carbonyl (C=O) groups excluding carboxylic acids is 2. The number of piperidine rings is 1. The number of aromatic nitrogens is 2. The van der Waals surface area contributed by atoms with Crippen LogP contribution >= 0.6 is 0 Å². The number of carbonyl (C=O) groups is 2. The van der Waals surface area contributed by atoms with Crippen molar-refractivity contribution in [2.75, 3.05) is 23.7 Å². The van der Waals surface area contributed by atoms with Gasteiger partial charge in [0.2, 0.25) is 11.8 Å². The molecular formula is C21H29N5O2. The van der Waals surface area contributed by atoms with Crippen molar-refractivity contribution in [3.05, 3.63) is 42.7 Å². The summed E-state index contributed by atoms with van der Waals surface area (Å²) in [5, 5.41) is 13.3. The average molecular weight is 383 g/mol. The Kier molecular flexibility index (Phi) is 6.81. The molecule has 0 aliphatic carbocycles. The minimum atomic E-state index is -0.418. The molecule has 0 spiro atoms. The van der Waals surface area contributed by atoms with Gasteiger partial charge in [0, 0.05) is 30.2 Å². The molecule has 0 saturated carbocycles. The lowest BCUT2D eigenvalue weighted by molar-refractivity contribution is -0.119. The smallest absolute Gasteiger partial charge is 0.248 e. The zero-order valence-corrected chi connectivity index (χ0v) is 16.5. The first-order valence-electron chi connectivity index (χ1n) is 9.93. The number of benzene rings is 1. The zero-order valence-electron chi connectivity index (χ0n) is 16.5. The summed E-state index contributed by atoms with van der Waals surface area (Å²) in [6.45, 7) is 6.00. The lowest BCUT2D eigenvalue weighted by atomic mass is 9.85. The molecular weight excluding hydrogens is 354 g/mol. The molecule has 2 amide bonds. The van der Waals surface area contributed by atoms with Crippen LogP contribution in [0.4, 0.5) is 11.4 Å².